The Balaban J connectivity index is 1.87. The number of carbonyl (C=O) groups is 2. The number of benzene rings is 2. The fraction of sp³-hybridized carbons (Fsp3) is 0.364. The van der Waals surface area contributed by atoms with Gasteiger partial charge in [0.15, 0.2) is 6.61 Å². The van der Waals surface area contributed by atoms with Crippen molar-refractivity contribution in [3.63, 3.8) is 0 Å². The van der Waals surface area contributed by atoms with Crippen LogP contribution >= 0.6 is 0 Å². The van der Waals surface area contributed by atoms with E-state index in [4.69, 9.17) is 9.47 Å². The molecular formula is C22H28N2O4. The van der Waals surface area contributed by atoms with Gasteiger partial charge in [-0.1, -0.05) is 45.0 Å². The quantitative estimate of drug-likeness (QED) is 0.767. The summed E-state index contributed by atoms with van der Waals surface area (Å²) in [5, 5.41) is 5.31. The zero-order valence-electron chi connectivity index (χ0n) is 17.1. The molecule has 2 rings (SSSR count). The van der Waals surface area contributed by atoms with Crippen LogP contribution in [0.2, 0.25) is 0 Å². The van der Waals surface area contributed by atoms with Crippen LogP contribution in [0.25, 0.3) is 0 Å². The molecule has 0 spiro atoms. The van der Waals surface area contributed by atoms with Crippen LogP contribution in [0.4, 0.5) is 5.69 Å². The molecule has 2 aromatic carbocycles. The minimum atomic E-state index is -0.366. The molecule has 0 fully saturated rings. The van der Waals surface area contributed by atoms with Gasteiger partial charge in [0.25, 0.3) is 5.91 Å². The van der Waals surface area contributed by atoms with Gasteiger partial charge in [0.05, 0.1) is 19.3 Å². The second-order valence-corrected chi connectivity index (χ2v) is 7.56. The number of nitrogens with one attached hydrogen (secondary N) is 2. The van der Waals surface area contributed by atoms with Gasteiger partial charge < -0.3 is 20.1 Å². The summed E-state index contributed by atoms with van der Waals surface area (Å²) < 4.78 is 10.9. The molecule has 2 N–H and O–H groups in total. The molecule has 0 saturated carbocycles. The number of ether oxygens (including phenoxy) is 2. The SMILES string of the molecule is COc1ccc(C)cc1NC(=O)CNC(=O)COc1ccccc1C(C)(C)C. The summed E-state index contributed by atoms with van der Waals surface area (Å²) in [6.07, 6.45) is 0. The maximum atomic E-state index is 12.1. The molecule has 2 aromatic rings. The van der Waals surface area contributed by atoms with Crippen LogP contribution in [0, 0.1) is 6.92 Å². The average molecular weight is 384 g/mol. The molecule has 0 atom stereocenters. The predicted octanol–water partition coefficient (Wildman–Crippen LogP) is 3.43. The number of methoxy groups -OCH3 is 1. The fourth-order valence-corrected chi connectivity index (χ4v) is 2.70. The highest BCUT2D eigenvalue weighted by Crippen LogP contribution is 2.30. The number of hydrogen-bond donors (Lipinski definition) is 2. The molecule has 0 aliphatic heterocycles. The fourth-order valence-electron chi connectivity index (χ4n) is 2.70. The van der Waals surface area contributed by atoms with Crippen molar-refractivity contribution in [3.05, 3.63) is 53.6 Å². The average Bonchev–Trinajstić information content (AvgIpc) is 2.64. The molecule has 2 amide bonds. The van der Waals surface area contributed by atoms with Crippen LogP contribution in [0.3, 0.4) is 0 Å². The first-order valence-corrected chi connectivity index (χ1v) is 9.14. The zero-order chi connectivity index (χ0) is 20.7. The largest absolute Gasteiger partial charge is 0.495 e. The van der Waals surface area contributed by atoms with E-state index >= 15 is 0 Å². The van der Waals surface area contributed by atoms with Crippen molar-refractivity contribution in [1.82, 2.24) is 5.32 Å². The number of aryl methyl sites for hydroxylation is 1. The molecule has 150 valence electrons. The summed E-state index contributed by atoms with van der Waals surface area (Å²) in [4.78, 5) is 24.2. The van der Waals surface area contributed by atoms with E-state index in [2.05, 4.69) is 31.4 Å². The first-order chi connectivity index (χ1) is 13.2. The molecule has 28 heavy (non-hydrogen) atoms. The number of carbonyl (C=O) groups excluding carboxylic acids is 2. The molecule has 0 radical (unpaired) electrons. The van der Waals surface area contributed by atoms with Gasteiger partial charge in [-0.15, -0.1) is 0 Å². The van der Waals surface area contributed by atoms with Crippen molar-refractivity contribution in [2.45, 2.75) is 33.1 Å². The van der Waals surface area contributed by atoms with E-state index in [-0.39, 0.29) is 30.4 Å². The van der Waals surface area contributed by atoms with Gasteiger partial charge in [-0.3, -0.25) is 9.59 Å². The van der Waals surface area contributed by atoms with Crippen molar-refractivity contribution in [1.29, 1.82) is 0 Å². The van der Waals surface area contributed by atoms with Crippen molar-refractivity contribution < 1.29 is 19.1 Å². The summed E-state index contributed by atoms with van der Waals surface area (Å²) >= 11 is 0. The number of para-hydroxylation sites is 1. The summed E-state index contributed by atoms with van der Waals surface area (Å²) in [5.41, 5.74) is 2.48. The second-order valence-electron chi connectivity index (χ2n) is 7.56. The number of hydrogen-bond acceptors (Lipinski definition) is 4. The Morgan fingerprint density at radius 1 is 1.00 bits per heavy atom. The van der Waals surface area contributed by atoms with E-state index in [1.54, 1.807) is 6.07 Å². The molecule has 0 aliphatic rings. The molecule has 0 aliphatic carbocycles. The Morgan fingerprint density at radius 2 is 1.71 bits per heavy atom. The third kappa shape index (κ3) is 6.01. The van der Waals surface area contributed by atoms with Gasteiger partial charge >= 0.3 is 0 Å². The molecule has 6 heteroatoms. The Morgan fingerprint density at radius 3 is 2.39 bits per heavy atom. The van der Waals surface area contributed by atoms with E-state index in [1.165, 1.54) is 7.11 Å². The maximum absolute atomic E-state index is 12.1. The van der Waals surface area contributed by atoms with Crippen molar-refractivity contribution in [2.75, 3.05) is 25.6 Å². The van der Waals surface area contributed by atoms with E-state index in [0.29, 0.717) is 17.2 Å². The third-order valence-corrected chi connectivity index (χ3v) is 4.13. The third-order valence-electron chi connectivity index (χ3n) is 4.13. The first-order valence-electron chi connectivity index (χ1n) is 9.14. The summed E-state index contributed by atoms with van der Waals surface area (Å²) in [6.45, 7) is 7.86. The highest BCUT2D eigenvalue weighted by atomic mass is 16.5. The van der Waals surface area contributed by atoms with Gasteiger partial charge in [-0.25, -0.2) is 0 Å². The lowest BCUT2D eigenvalue weighted by atomic mass is 9.86. The highest BCUT2D eigenvalue weighted by Gasteiger charge is 2.19. The van der Waals surface area contributed by atoms with Crippen molar-refractivity contribution >= 4 is 17.5 Å². The van der Waals surface area contributed by atoms with Crippen LogP contribution in [0.5, 0.6) is 11.5 Å². The molecule has 0 unspecified atom stereocenters. The first kappa shape index (κ1) is 21.3. The molecule has 6 nitrogen and oxygen atoms in total. The number of rotatable bonds is 7. The van der Waals surface area contributed by atoms with Gasteiger partial charge in [-0.05, 0) is 41.7 Å². The Bertz CT molecular complexity index is 841. The topological polar surface area (TPSA) is 76.7 Å². The van der Waals surface area contributed by atoms with Crippen LogP contribution in [-0.4, -0.2) is 32.1 Å². The Labute approximate surface area is 166 Å². The molecule has 0 heterocycles. The van der Waals surface area contributed by atoms with Crippen molar-refractivity contribution in [3.8, 4) is 11.5 Å². The predicted molar refractivity (Wildman–Crippen MR) is 110 cm³/mol. The minimum Gasteiger partial charge on any atom is -0.495 e. The molecular weight excluding hydrogens is 356 g/mol. The Kier molecular flexibility index (Phi) is 7.04. The van der Waals surface area contributed by atoms with Crippen LogP contribution < -0.4 is 20.1 Å². The number of amides is 2. The smallest absolute Gasteiger partial charge is 0.258 e. The van der Waals surface area contributed by atoms with Crippen LogP contribution in [0.1, 0.15) is 31.9 Å². The molecule has 0 bridgehead atoms. The van der Waals surface area contributed by atoms with Crippen LogP contribution in [-0.2, 0) is 15.0 Å². The van der Waals surface area contributed by atoms with E-state index in [0.717, 1.165) is 11.1 Å². The van der Waals surface area contributed by atoms with Gasteiger partial charge in [-0.2, -0.15) is 0 Å². The lowest BCUT2D eigenvalue weighted by Crippen LogP contribution is -2.36. The second kappa shape index (κ2) is 9.26. The van der Waals surface area contributed by atoms with E-state index < -0.39 is 0 Å². The summed E-state index contributed by atoms with van der Waals surface area (Å²) in [5.74, 6) is 0.522. The Hall–Kier alpha value is -3.02. The van der Waals surface area contributed by atoms with Gasteiger partial charge in [0.2, 0.25) is 5.91 Å². The van der Waals surface area contributed by atoms with E-state index in [1.807, 2.05) is 43.3 Å². The van der Waals surface area contributed by atoms with Crippen molar-refractivity contribution in [2.24, 2.45) is 0 Å². The molecule has 0 saturated heterocycles. The lowest BCUT2D eigenvalue weighted by Gasteiger charge is -2.22. The monoisotopic (exact) mass is 384 g/mol. The lowest BCUT2D eigenvalue weighted by molar-refractivity contribution is -0.125. The summed E-state index contributed by atoms with van der Waals surface area (Å²) in [6, 6.07) is 13.1. The van der Waals surface area contributed by atoms with Gasteiger partial charge in [0, 0.05) is 0 Å². The minimum absolute atomic E-state index is 0.0974. The molecule has 0 aromatic heterocycles. The maximum Gasteiger partial charge on any atom is 0.258 e. The standard InChI is InChI=1S/C22H28N2O4/c1-15-10-11-19(27-5)17(12-15)24-20(25)13-23-21(26)14-28-18-9-7-6-8-16(18)22(2,3)4/h6-12H,13-14H2,1-5H3,(H,23,26)(H,24,25). The van der Waals surface area contributed by atoms with Gasteiger partial charge in [0.1, 0.15) is 11.5 Å². The zero-order valence-corrected chi connectivity index (χ0v) is 17.1. The normalized spacial score (nSPS) is 10.9. The van der Waals surface area contributed by atoms with Crippen LogP contribution in [0.15, 0.2) is 42.5 Å². The van der Waals surface area contributed by atoms with E-state index in [9.17, 15) is 9.59 Å². The highest BCUT2D eigenvalue weighted by molar-refractivity contribution is 5.95. The number of anilines is 1. The summed E-state index contributed by atoms with van der Waals surface area (Å²) in [7, 11) is 1.54.